The van der Waals surface area contributed by atoms with Crippen molar-refractivity contribution in [1.82, 2.24) is 0 Å². The van der Waals surface area contributed by atoms with Crippen LogP contribution in [-0.4, -0.2) is 7.28 Å². The summed E-state index contributed by atoms with van der Waals surface area (Å²) < 4.78 is 6.22. The van der Waals surface area contributed by atoms with Gasteiger partial charge in [0.2, 0.25) is 7.28 Å². The highest BCUT2D eigenvalue weighted by Gasteiger charge is 2.37. The summed E-state index contributed by atoms with van der Waals surface area (Å²) in [6.45, 7) is 13.9. The summed E-state index contributed by atoms with van der Waals surface area (Å²) >= 11 is 0. The van der Waals surface area contributed by atoms with Crippen LogP contribution in [-0.2, 0) is 10.8 Å². The molecule has 1 aromatic heterocycles. The molecule has 0 spiro atoms. The van der Waals surface area contributed by atoms with E-state index in [-0.39, 0.29) is 10.8 Å². The first-order chi connectivity index (χ1) is 12.7. The fraction of sp³-hybridized carbons (Fsp3) is 0.440. The molecule has 2 aromatic carbocycles. The molecule has 1 nitrogen and oxygen atoms in total. The summed E-state index contributed by atoms with van der Waals surface area (Å²) in [5.41, 5.74) is 7.87. The van der Waals surface area contributed by atoms with Gasteiger partial charge in [-0.15, -0.1) is 0 Å². The molecule has 3 aromatic rings. The van der Waals surface area contributed by atoms with E-state index in [1.165, 1.54) is 40.4 Å². The van der Waals surface area contributed by atoms with Crippen molar-refractivity contribution in [3.05, 3.63) is 59.2 Å². The lowest BCUT2D eigenvalue weighted by atomic mass is 9.63. The monoisotopic (exact) mass is 357 g/mol. The van der Waals surface area contributed by atoms with Crippen LogP contribution in [0.4, 0.5) is 0 Å². The molecule has 4 rings (SSSR count). The van der Waals surface area contributed by atoms with E-state index < -0.39 is 0 Å². The minimum atomic E-state index is 0.211. The lowest BCUT2D eigenvalue weighted by molar-refractivity contribution is 0.332. The summed E-state index contributed by atoms with van der Waals surface area (Å²) in [5, 5.41) is 1.21. The standard InChI is InChI=1S/C25H30BO/c1-16(2)17-7-9-19(10-8-17)26-23-14-18-13-20-21(15-22(18)27-23)25(5,6)12-11-24(20,3)4/h7-10,13-16H,11-12H2,1-6H3. The van der Waals surface area contributed by atoms with Crippen molar-refractivity contribution in [2.24, 2.45) is 0 Å². The molecule has 139 valence electrons. The number of furan rings is 1. The average Bonchev–Trinajstić information content (AvgIpc) is 3.00. The molecule has 0 unspecified atom stereocenters. The second-order valence-electron chi connectivity index (χ2n) is 9.82. The molecule has 1 aliphatic rings. The van der Waals surface area contributed by atoms with Crippen molar-refractivity contribution in [2.75, 3.05) is 0 Å². The maximum absolute atomic E-state index is 6.22. The fourth-order valence-electron chi connectivity index (χ4n) is 4.33. The zero-order chi connectivity index (χ0) is 19.4. The Kier molecular flexibility index (Phi) is 4.29. The van der Waals surface area contributed by atoms with Crippen LogP contribution >= 0.6 is 0 Å². The number of benzene rings is 2. The normalized spacial score (nSPS) is 17.9. The topological polar surface area (TPSA) is 13.1 Å². The van der Waals surface area contributed by atoms with Gasteiger partial charge in [0.25, 0.3) is 0 Å². The van der Waals surface area contributed by atoms with E-state index in [9.17, 15) is 0 Å². The van der Waals surface area contributed by atoms with Gasteiger partial charge < -0.3 is 4.42 Å². The molecule has 0 amide bonds. The molecule has 0 N–H and O–H groups in total. The van der Waals surface area contributed by atoms with Gasteiger partial charge in [-0.1, -0.05) is 71.3 Å². The van der Waals surface area contributed by atoms with Gasteiger partial charge in [0.15, 0.2) is 0 Å². The van der Waals surface area contributed by atoms with Crippen LogP contribution in [0, 0.1) is 0 Å². The zero-order valence-corrected chi connectivity index (χ0v) is 17.5. The Hall–Kier alpha value is -1.96. The third kappa shape index (κ3) is 3.35. The summed E-state index contributed by atoms with van der Waals surface area (Å²) in [5.74, 6) is 0.559. The van der Waals surface area contributed by atoms with Crippen LogP contribution in [0.3, 0.4) is 0 Å². The Bertz CT molecular complexity index is 920. The second-order valence-corrected chi connectivity index (χ2v) is 9.82. The first kappa shape index (κ1) is 18.4. The van der Waals surface area contributed by atoms with Crippen LogP contribution in [0.5, 0.6) is 0 Å². The van der Waals surface area contributed by atoms with E-state index in [0.717, 1.165) is 11.2 Å². The van der Waals surface area contributed by atoms with Crippen LogP contribution in [0.1, 0.15) is 77.0 Å². The molecule has 0 bridgehead atoms. The molecular formula is C25H30BO. The van der Waals surface area contributed by atoms with Gasteiger partial charge in [0.1, 0.15) is 5.58 Å². The van der Waals surface area contributed by atoms with Gasteiger partial charge in [-0.2, -0.15) is 0 Å². The van der Waals surface area contributed by atoms with Gasteiger partial charge >= 0.3 is 0 Å². The lowest BCUT2D eigenvalue weighted by Crippen LogP contribution is -2.33. The van der Waals surface area contributed by atoms with Crippen molar-refractivity contribution in [3.63, 3.8) is 0 Å². The number of fused-ring (bicyclic) bond motifs is 2. The van der Waals surface area contributed by atoms with Crippen LogP contribution < -0.4 is 11.1 Å². The van der Waals surface area contributed by atoms with Gasteiger partial charge in [-0.05, 0) is 64.5 Å². The predicted octanol–water partition coefficient (Wildman–Crippen LogP) is 5.56. The fourth-order valence-corrected chi connectivity index (χ4v) is 4.33. The molecule has 0 saturated heterocycles. The quantitative estimate of drug-likeness (QED) is 0.559. The Morgan fingerprint density at radius 2 is 1.44 bits per heavy atom. The van der Waals surface area contributed by atoms with Crippen molar-refractivity contribution in [1.29, 1.82) is 0 Å². The molecule has 0 saturated carbocycles. The Morgan fingerprint density at radius 3 is 2.04 bits per heavy atom. The number of rotatable bonds is 3. The summed E-state index contributed by atoms with van der Waals surface area (Å²) in [6, 6.07) is 15.6. The highest BCUT2D eigenvalue weighted by Crippen LogP contribution is 2.46. The molecule has 1 radical (unpaired) electrons. The van der Waals surface area contributed by atoms with E-state index in [1.54, 1.807) is 0 Å². The number of hydrogen-bond donors (Lipinski definition) is 0. The smallest absolute Gasteiger partial charge is 0.240 e. The van der Waals surface area contributed by atoms with Crippen LogP contribution in [0.2, 0.25) is 0 Å². The third-order valence-corrected chi connectivity index (χ3v) is 6.42. The van der Waals surface area contributed by atoms with Gasteiger partial charge in [0, 0.05) is 5.39 Å². The van der Waals surface area contributed by atoms with Crippen molar-refractivity contribution < 1.29 is 4.42 Å². The van der Waals surface area contributed by atoms with Crippen LogP contribution in [0.15, 0.2) is 46.9 Å². The van der Waals surface area contributed by atoms with Crippen LogP contribution in [0.25, 0.3) is 11.0 Å². The minimum Gasteiger partial charge on any atom is -0.472 e. The van der Waals surface area contributed by atoms with E-state index in [4.69, 9.17) is 4.42 Å². The first-order valence-electron chi connectivity index (χ1n) is 10.2. The van der Waals surface area contributed by atoms with E-state index in [2.05, 4.69) is 91.3 Å². The molecule has 2 heteroatoms. The van der Waals surface area contributed by atoms with Crippen molar-refractivity contribution in [2.45, 2.75) is 71.1 Å². The summed E-state index contributed by atoms with van der Waals surface area (Å²) in [4.78, 5) is 0. The number of hydrogen-bond acceptors (Lipinski definition) is 1. The maximum Gasteiger partial charge on any atom is 0.240 e. The largest absolute Gasteiger partial charge is 0.472 e. The van der Waals surface area contributed by atoms with Crippen molar-refractivity contribution >= 4 is 29.4 Å². The highest BCUT2D eigenvalue weighted by molar-refractivity contribution is 6.66. The molecule has 1 aliphatic carbocycles. The lowest BCUT2D eigenvalue weighted by Gasteiger charge is -2.41. The van der Waals surface area contributed by atoms with Crippen molar-refractivity contribution in [3.8, 4) is 0 Å². The highest BCUT2D eigenvalue weighted by atomic mass is 16.3. The molecule has 27 heavy (non-hydrogen) atoms. The molecule has 0 aliphatic heterocycles. The SMILES string of the molecule is CC(C)c1ccc([B]c2cc3cc4c(cc3o2)C(C)(C)CCC4(C)C)cc1. The first-order valence-corrected chi connectivity index (χ1v) is 10.2. The van der Waals surface area contributed by atoms with Gasteiger partial charge in [-0.3, -0.25) is 0 Å². The molecule has 0 fully saturated rings. The summed E-state index contributed by atoms with van der Waals surface area (Å²) in [6.07, 6.45) is 2.46. The maximum atomic E-state index is 6.22. The van der Waals surface area contributed by atoms with Gasteiger partial charge in [-0.25, -0.2) is 0 Å². The molecule has 0 atom stereocenters. The third-order valence-electron chi connectivity index (χ3n) is 6.42. The average molecular weight is 357 g/mol. The second kappa shape index (κ2) is 6.29. The predicted molar refractivity (Wildman–Crippen MR) is 117 cm³/mol. The molecular weight excluding hydrogens is 327 g/mol. The van der Waals surface area contributed by atoms with E-state index >= 15 is 0 Å². The Labute approximate surface area is 164 Å². The Balaban J connectivity index is 1.70. The van der Waals surface area contributed by atoms with E-state index in [0.29, 0.717) is 5.92 Å². The molecule has 1 heterocycles. The minimum absolute atomic E-state index is 0.211. The zero-order valence-electron chi connectivity index (χ0n) is 17.5. The summed E-state index contributed by atoms with van der Waals surface area (Å²) in [7, 11) is 2.14. The Morgan fingerprint density at radius 1 is 0.852 bits per heavy atom. The van der Waals surface area contributed by atoms with Gasteiger partial charge in [0.05, 0.1) is 5.66 Å². The van der Waals surface area contributed by atoms with E-state index in [1.807, 2.05) is 0 Å².